The molecule has 2 rings (SSSR count). The number of nitrogens with zero attached hydrogens (tertiary/aromatic N) is 1. The molecule has 20 heavy (non-hydrogen) atoms. The van der Waals surface area contributed by atoms with Crippen LogP contribution in [0.2, 0.25) is 0 Å². The lowest BCUT2D eigenvalue weighted by atomic mass is 10.1. The maximum absolute atomic E-state index is 11.5. The Kier molecular flexibility index (Phi) is 4.78. The molecule has 1 aromatic carbocycles. The molecule has 0 saturated heterocycles. The third-order valence-electron chi connectivity index (χ3n) is 3.87. The Labute approximate surface area is 123 Å². The maximum atomic E-state index is 11.5. The predicted molar refractivity (Wildman–Crippen MR) is 84.6 cm³/mol. The summed E-state index contributed by atoms with van der Waals surface area (Å²) in [5, 5.41) is 10.5. The summed E-state index contributed by atoms with van der Waals surface area (Å²) in [4.78, 5) is 14.3. The van der Waals surface area contributed by atoms with Gasteiger partial charge in [0.05, 0.1) is 0 Å². The van der Waals surface area contributed by atoms with Gasteiger partial charge in [-0.15, -0.1) is 11.3 Å². The predicted octanol–water partition coefficient (Wildman–Crippen LogP) is 4.22. The molecule has 3 nitrogen and oxygen atoms in total. The Morgan fingerprint density at radius 1 is 1.35 bits per heavy atom. The minimum Gasteiger partial charge on any atom is -0.477 e. The van der Waals surface area contributed by atoms with Crippen LogP contribution in [0.15, 0.2) is 24.3 Å². The van der Waals surface area contributed by atoms with Crippen molar-refractivity contribution in [2.45, 2.75) is 39.8 Å². The van der Waals surface area contributed by atoms with Gasteiger partial charge in [-0.1, -0.05) is 32.0 Å². The van der Waals surface area contributed by atoms with E-state index in [0.29, 0.717) is 17.5 Å². The summed E-state index contributed by atoms with van der Waals surface area (Å²) < 4.78 is 1.06. The molecule has 1 heterocycles. The number of benzene rings is 1. The van der Waals surface area contributed by atoms with Crippen LogP contribution >= 0.6 is 11.3 Å². The van der Waals surface area contributed by atoms with Gasteiger partial charge < -0.3 is 5.11 Å². The average Bonchev–Trinajstić information content (AvgIpc) is 2.82. The number of hydrogen-bond donors (Lipinski definition) is 1. The topological polar surface area (TPSA) is 40.5 Å². The largest absolute Gasteiger partial charge is 0.477 e. The number of rotatable bonds is 6. The van der Waals surface area contributed by atoms with E-state index in [4.69, 9.17) is 0 Å². The minimum absolute atomic E-state index is 0.459. The Morgan fingerprint density at radius 2 is 2.05 bits per heavy atom. The van der Waals surface area contributed by atoms with Gasteiger partial charge in [0.15, 0.2) is 0 Å². The lowest BCUT2D eigenvalue weighted by molar-refractivity contribution is 0.0699. The lowest BCUT2D eigenvalue weighted by Gasteiger charge is -2.27. The van der Waals surface area contributed by atoms with Crippen molar-refractivity contribution in [2.75, 3.05) is 6.54 Å². The van der Waals surface area contributed by atoms with Crippen LogP contribution in [0, 0.1) is 0 Å². The van der Waals surface area contributed by atoms with E-state index in [1.165, 1.54) is 11.3 Å². The second-order valence-electron chi connectivity index (χ2n) is 5.03. The lowest BCUT2D eigenvalue weighted by Crippen LogP contribution is -2.32. The second-order valence-corrected chi connectivity index (χ2v) is 6.08. The number of carbonyl (C=O) groups is 1. The second kappa shape index (κ2) is 6.37. The minimum atomic E-state index is -0.818. The van der Waals surface area contributed by atoms with Crippen molar-refractivity contribution in [3.8, 4) is 0 Å². The molecule has 0 bridgehead atoms. The molecule has 2 aromatic rings. The van der Waals surface area contributed by atoms with E-state index >= 15 is 0 Å². The molecule has 1 atom stereocenters. The van der Waals surface area contributed by atoms with Gasteiger partial charge in [-0.05, 0) is 36.9 Å². The Hall–Kier alpha value is -1.39. The van der Waals surface area contributed by atoms with Gasteiger partial charge in [-0.2, -0.15) is 0 Å². The Bertz CT molecular complexity index is 606. The zero-order chi connectivity index (χ0) is 14.7. The van der Waals surface area contributed by atoms with E-state index in [0.717, 1.165) is 28.6 Å². The van der Waals surface area contributed by atoms with Crippen LogP contribution in [-0.2, 0) is 6.54 Å². The van der Waals surface area contributed by atoms with Gasteiger partial charge in [-0.3, -0.25) is 4.90 Å². The Balaban J connectivity index is 2.46. The first kappa shape index (κ1) is 15.0. The summed E-state index contributed by atoms with van der Waals surface area (Å²) in [5.74, 6) is -0.818. The summed E-state index contributed by atoms with van der Waals surface area (Å²) in [5.41, 5.74) is 0.959. The molecule has 0 radical (unpaired) electrons. The van der Waals surface area contributed by atoms with E-state index in [2.05, 4.69) is 25.7 Å². The quantitative estimate of drug-likeness (QED) is 0.866. The molecular formula is C16H21NO2S. The van der Waals surface area contributed by atoms with Crippen molar-refractivity contribution in [1.29, 1.82) is 0 Å². The number of aromatic carboxylic acids is 1. The first-order chi connectivity index (χ1) is 9.58. The number of carboxylic acids is 1. The molecule has 1 unspecified atom stereocenters. The molecule has 0 aliphatic carbocycles. The number of hydrogen-bond acceptors (Lipinski definition) is 3. The van der Waals surface area contributed by atoms with E-state index in [9.17, 15) is 9.90 Å². The first-order valence-corrected chi connectivity index (χ1v) is 7.87. The number of thiophene rings is 1. The summed E-state index contributed by atoms with van der Waals surface area (Å²) in [6, 6.07) is 8.41. The van der Waals surface area contributed by atoms with Crippen LogP contribution < -0.4 is 0 Å². The van der Waals surface area contributed by atoms with E-state index in [1.807, 2.05) is 24.3 Å². The molecule has 0 saturated carbocycles. The molecule has 0 fully saturated rings. The van der Waals surface area contributed by atoms with Crippen molar-refractivity contribution in [3.63, 3.8) is 0 Å². The van der Waals surface area contributed by atoms with Crippen molar-refractivity contribution in [2.24, 2.45) is 0 Å². The highest BCUT2D eigenvalue weighted by atomic mass is 32.1. The maximum Gasteiger partial charge on any atom is 0.346 e. The molecule has 0 spiro atoms. The van der Waals surface area contributed by atoms with Crippen LogP contribution in [-0.4, -0.2) is 28.6 Å². The van der Waals surface area contributed by atoms with E-state index in [-0.39, 0.29) is 0 Å². The fraction of sp³-hybridized carbons (Fsp3) is 0.438. The van der Waals surface area contributed by atoms with Crippen LogP contribution in [0.1, 0.15) is 42.4 Å². The standard InChI is InChI=1S/C16H21NO2S/c1-4-11(3)17(5-2)10-13-12-8-6-7-9-14(12)20-15(13)16(18)19/h6-9,11H,4-5,10H2,1-3H3,(H,18,19). The fourth-order valence-electron chi connectivity index (χ4n) is 2.47. The van der Waals surface area contributed by atoms with Crippen molar-refractivity contribution in [1.82, 2.24) is 4.90 Å². The van der Waals surface area contributed by atoms with Crippen LogP contribution in [0.4, 0.5) is 0 Å². The normalized spacial score (nSPS) is 13.0. The highest BCUT2D eigenvalue weighted by molar-refractivity contribution is 7.21. The molecule has 0 aliphatic rings. The van der Waals surface area contributed by atoms with Crippen molar-refractivity contribution in [3.05, 3.63) is 34.7 Å². The van der Waals surface area contributed by atoms with E-state index < -0.39 is 5.97 Å². The van der Waals surface area contributed by atoms with Gasteiger partial charge >= 0.3 is 5.97 Å². The third-order valence-corrected chi connectivity index (χ3v) is 5.08. The van der Waals surface area contributed by atoms with Crippen LogP contribution in [0.3, 0.4) is 0 Å². The molecule has 1 N–H and O–H groups in total. The van der Waals surface area contributed by atoms with Crippen molar-refractivity contribution < 1.29 is 9.90 Å². The van der Waals surface area contributed by atoms with Gasteiger partial charge in [0.25, 0.3) is 0 Å². The number of carboxylic acid groups (broad SMARTS) is 1. The van der Waals surface area contributed by atoms with Gasteiger partial charge in [0, 0.05) is 17.3 Å². The van der Waals surface area contributed by atoms with Gasteiger partial charge in [-0.25, -0.2) is 4.79 Å². The molecule has 0 aliphatic heterocycles. The third kappa shape index (κ3) is 2.86. The first-order valence-electron chi connectivity index (χ1n) is 7.06. The monoisotopic (exact) mass is 291 g/mol. The molecule has 0 amide bonds. The van der Waals surface area contributed by atoms with Crippen molar-refractivity contribution >= 4 is 27.4 Å². The van der Waals surface area contributed by atoms with Crippen LogP contribution in [0.5, 0.6) is 0 Å². The zero-order valence-electron chi connectivity index (χ0n) is 12.2. The fourth-order valence-corrected chi connectivity index (χ4v) is 3.52. The molecular weight excluding hydrogens is 270 g/mol. The summed E-state index contributed by atoms with van der Waals surface area (Å²) >= 11 is 1.38. The SMILES string of the molecule is CCC(C)N(CC)Cc1c(C(=O)O)sc2ccccc12. The smallest absolute Gasteiger partial charge is 0.346 e. The average molecular weight is 291 g/mol. The summed E-state index contributed by atoms with van der Waals surface area (Å²) in [7, 11) is 0. The van der Waals surface area contributed by atoms with Gasteiger partial charge in [0.1, 0.15) is 4.88 Å². The molecule has 4 heteroatoms. The molecule has 108 valence electrons. The highest BCUT2D eigenvalue weighted by Gasteiger charge is 2.20. The summed E-state index contributed by atoms with van der Waals surface area (Å²) in [6.45, 7) is 8.12. The van der Waals surface area contributed by atoms with Crippen LogP contribution in [0.25, 0.3) is 10.1 Å². The number of fused-ring (bicyclic) bond motifs is 1. The zero-order valence-corrected chi connectivity index (χ0v) is 13.0. The summed E-state index contributed by atoms with van der Waals surface area (Å²) in [6.07, 6.45) is 1.07. The highest BCUT2D eigenvalue weighted by Crippen LogP contribution is 2.32. The Morgan fingerprint density at radius 3 is 2.65 bits per heavy atom. The van der Waals surface area contributed by atoms with E-state index in [1.54, 1.807) is 0 Å². The molecule has 1 aromatic heterocycles. The van der Waals surface area contributed by atoms with Gasteiger partial charge in [0.2, 0.25) is 0 Å².